The van der Waals surface area contributed by atoms with Crippen LogP contribution in [0.5, 0.6) is 5.75 Å². The van der Waals surface area contributed by atoms with Gasteiger partial charge in [-0.25, -0.2) is 13.1 Å². The third-order valence-electron chi connectivity index (χ3n) is 4.00. The Morgan fingerprint density at radius 2 is 1.83 bits per heavy atom. The van der Waals surface area contributed by atoms with Crippen LogP contribution in [-0.2, 0) is 21.4 Å². The molecule has 0 radical (unpaired) electrons. The van der Waals surface area contributed by atoms with E-state index in [2.05, 4.69) is 10.0 Å². The van der Waals surface area contributed by atoms with Crippen LogP contribution in [0.2, 0.25) is 0 Å². The molecule has 0 unspecified atom stereocenters. The Morgan fingerprint density at radius 1 is 1.07 bits per heavy atom. The molecule has 3 rings (SSSR count). The van der Waals surface area contributed by atoms with Crippen molar-refractivity contribution in [3.8, 4) is 5.75 Å². The predicted molar refractivity (Wildman–Crippen MR) is 110 cm³/mol. The van der Waals surface area contributed by atoms with Crippen molar-refractivity contribution in [2.75, 3.05) is 12.4 Å². The Balaban J connectivity index is 1.61. The van der Waals surface area contributed by atoms with Gasteiger partial charge in [-0.05, 0) is 48.0 Å². The summed E-state index contributed by atoms with van der Waals surface area (Å²) >= 11 is 0. The summed E-state index contributed by atoms with van der Waals surface area (Å²) in [5.41, 5.74) is 1.25. The largest absolute Gasteiger partial charge is 0.495 e. The molecule has 8 heteroatoms. The molecule has 1 amide bonds. The van der Waals surface area contributed by atoms with Crippen LogP contribution in [-0.4, -0.2) is 21.4 Å². The van der Waals surface area contributed by atoms with E-state index >= 15 is 0 Å². The first kappa shape index (κ1) is 20.4. The number of hydrogen-bond acceptors (Lipinski definition) is 5. The van der Waals surface area contributed by atoms with E-state index in [9.17, 15) is 13.2 Å². The number of para-hydroxylation sites is 2. The van der Waals surface area contributed by atoms with Crippen molar-refractivity contribution in [2.24, 2.45) is 0 Å². The number of sulfonamides is 1. The van der Waals surface area contributed by atoms with Gasteiger partial charge in [0.05, 0.1) is 30.5 Å². The average Bonchev–Trinajstić information content (AvgIpc) is 3.25. The molecule has 0 atom stereocenters. The minimum atomic E-state index is -3.66. The van der Waals surface area contributed by atoms with Crippen molar-refractivity contribution in [1.82, 2.24) is 4.72 Å². The molecule has 2 aromatic carbocycles. The van der Waals surface area contributed by atoms with Gasteiger partial charge >= 0.3 is 0 Å². The first-order valence-corrected chi connectivity index (χ1v) is 10.2. The molecule has 29 heavy (non-hydrogen) atoms. The van der Waals surface area contributed by atoms with Gasteiger partial charge in [-0.15, -0.1) is 0 Å². The van der Waals surface area contributed by atoms with E-state index in [4.69, 9.17) is 9.15 Å². The lowest BCUT2D eigenvalue weighted by Crippen LogP contribution is -2.22. The molecular formula is C21H20N2O5S. The Bertz CT molecular complexity index is 1090. The standard InChI is InChI=1S/C21H20N2O5S/c1-27-20-7-3-2-6-19(20)23-21(24)13-10-16-8-11-18(12-9-16)29(25,26)22-15-17-5-4-14-28-17/h2-14,22H,15H2,1H3,(H,23,24)/b13-10+. The number of nitrogens with one attached hydrogen (secondary N) is 2. The first-order valence-electron chi connectivity index (χ1n) is 8.72. The van der Waals surface area contributed by atoms with Crippen molar-refractivity contribution in [1.29, 1.82) is 0 Å². The topological polar surface area (TPSA) is 97.6 Å². The highest BCUT2D eigenvalue weighted by Gasteiger charge is 2.14. The second-order valence-corrected chi connectivity index (χ2v) is 7.76. The number of hydrogen-bond donors (Lipinski definition) is 2. The van der Waals surface area contributed by atoms with E-state index in [0.29, 0.717) is 22.8 Å². The second kappa shape index (κ2) is 9.22. The number of ether oxygens (including phenoxy) is 1. The van der Waals surface area contributed by atoms with Gasteiger partial charge in [0.25, 0.3) is 0 Å². The third kappa shape index (κ3) is 5.56. The van der Waals surface area contributed by atoms with Gasteiger partial charge < -0.3 is 14.5 Å². The number of carbonyl (C=O) groups excluding carboxylic acids is 1. The van der Waals surface area contributed by atoms with Crippen molar-refractivity contribution >= 4 is 27.7 Å². The molecule has 1 heterocycles. The van der Waals surface area contributed by atoms with Gasteiger partial charge in [0.2, 0.25) is 15.9 Å². The first-order chi connectivity index (χ1) is 14.0. The molecule has 0 aliphatic rings. The number of anilines is 1. The molecule has 2 N–H and O–H groups in total. The zero-order valence-electron chi connectivity index (χ0n) is 15.7. The summed E-state index contributed by atoms with van der Waals surface area (Å²) < 4.78 is 37.4. The van der Waals surface area contributed by atoms with Crippen molar-refractivity contribution in [3.63, 3.8) is 0 Å². The van der Waals surface area contributed by atoms with Crippen LogP contribution >= 0.6 is 0 Å². The molecule has 3 aromatic rings. The fraction of sp³-hybridized carbons (Fsp3) is 0.0952. The van der Waals surface area contributed by atoms with Crippen LogP contribution in [0.15, 0.2) is 82.3 Å². The van der Waals surface area contributed by atoms with Crippen LogP contribution in [0.25, 0.3) is 6.08 Å². The van der Waals surface area contributed by atoms with Crippen LogP contribution in [0, 0.1) is 0 Å². The summed E-state index contributed by atoms with van der Waals surface area (Å²) in [6, 6.07) is 16.7. The van der Waals surface area contributed by atoms with Crippen molar-refractivity contribution < 1.29 is 22.4 Å². The van der Waals surface area contributed by atoms with E-state index in [-0.39, 0.29) is 17.3 Å². The monoisotopic (exact) mass is 412 g/mol. The van der Waals surface area contributed by atoms with Gasteiger partial charge in [-0.2, -0.15) is 0 Å². The Morgan fingerprint density at radius 3 is 2.52 bits per heavy atom. The number of carbonyl (C=O) groups is 1. The zero-order valence-corrected chi connectivity index (χ0v) is 16.5. The van der Waals surface area contributed by atoms with Gasteiger partial charge in [-0.1, -0.05) is 24.3 Å². The summed E-state index contributed by atoms with van der Waals surface area (Å²) in [7, 11) is -2.13. The van der Waals surface area contributed by atoms with Gasteiger partial charge in [-0.3, -0.25) is 4.79 Å². The molecule has 0 saturated carbocycles. The highest BCUT2D eigenvalue weighted by molar-refractivity contribution is 7.89. The Kier molecular flexibility index (Phi) is 6.48. The fourth-order valence-corrected chi connectivity index (χ4v) is 3.51. The maximum atomic E-state index is 12.3. The van der Waals surface area contributed by atoms with Gasteiger partial charge in [0, 0.05) is 6.08 Å². The van der Waals surface area contributed by atoms with Crippen LogP contribution < -0.4 is 14.8 Å². The number of benzene rings is 2. The molecule has 150 valence electrons. The fourth-order valence-electron chi connectivity index (χ4n) is 2.51. The third-order valence-corrected chi connectivity index (χ3v) is 5.42. The van der Waals surface area contributed by atoms with Gasteiger partial charge in [0.15, 0.2) is 0 Å². The van der Waals surface area contributed by atoms with Crippen LogP contribution in [0.3, 0.4) is 0 Å². The van der Waals surface area contributed by atoms with Crippen LogP contribution in [0.4, 0.5) is 5.69 Å². The number of furan rings is 1. The summed E-state index contributed by atoms with van der Waals surface area (Å²) in [5, 5.41) is 2.73. The molecule has 1 aromatic heterocycles. The van der Waals surface area contributed by atoms with Crippen molar-refractivity contribution in [3.05, 3.63) is 84.3 Å². The Hall–Kier alpha value is -3.36. The molecule has 7 nitrogen and oxygen atoms in total. The van der Waals surface area contributed by atoms with Gasteiger partial charge in [0.1, 0.15) is 11.5 Å². The number of amides is 1. The summed E-state index contributed by atoms with van der Waals surface area (Å²) in [6.45, 7) is 0.0696. The molecular weight excluding hydrogens is 392 g/mol. The maximum absolute atomic E-state index is 12.3. The van der Waals surface area contributed by atoms with E-state index in [1.807, 2.05) is 6.07 Å². The average molecular weight is 412 g/mol. The van der Waals surface area contributed by atoms with E-state index < -0.39 is 10.0 Å². The molecule has 0 bridgehead atoms. The number of rotatable bonds is 8. The highest BCUT2D eigenvalue weighted by atomic mass is 32.2. The zero-order chi connectivity index (χ0) is 20.7. The molecule has 0 aliphatic carbocycles. The minimum absolute atomic E-state index is 0.0696. The summed E-state index contributed by atoms with van der Waals surface area (Å²) in [4.78, 5) is 12.2. The maximum Gasteiger partial charge on any atom is 0.248 e. The summed E-state index contributed by atoms with van der Waals surface area (Å²) in [5.74, 6) is 0.756. The lowest BCUT2D eigenvalue weighted by Gasteiger charge is -2.08. The lowest BCUT2D eigenvalue weighted by atomic mass is 10.2. The Labute approximate surface area is 169 Å². The summed E-state index contributed by atoms with van der Waals surface area (Å²) in [6.07, 6.45) is 4.44. The van der Waals surface area contributed by atoms with E-state index in [0.717, 1.165) is 0 Å². The molecule has 0 aliphatic heterocycles. The smallest absolute Gasteiger partial charge is 0.248 e. The normalized spacial score (nSPS) is 11.5. The van der Waals surface area contributed by atoms with E-state index in [1.165, 1.54) is 31.6 Å². The molecule has 0 fully saturated rings. The molecule has 0 saturated heterocycles. The van der Waals surface area contributed by atoms with Crippen LogP contribution in [0.1, 0.15) is 11.3 Å². The quantitative estimate of drug-likeness (QED) is 0.553. The SMILES string of the molecule is COc1ccccc1NC(=O)/C=C/c1ccc(S(=O)(=O)NCc2ccco2)cc1. The molecule has 0 spiro atoms. The predicted octanol–water partition coefficient (Wildman–Crippen LogP) is 3.42. The lowest BCUT2D eigenvalue weighted by molar-refractivity contribution is -0.111. The second-order valence-electron chi connectivity index (χ2n) is 6.00. The number of methoxy groups -OCH3 is 1. The van der Waals surface area contributed by atoms with E-state index in [1.54, 1.807) is 48.5 Å². The highest BCUT2D eigenvalue weighted by Crippen LogP contribution is 2.23. The minimum Gasteiger partial charge on any atom is -0.495 e. The van der Waals surface area contributed by atoms with Crippen molar-refractivity contribution in [2.45, 2.75) is 11.4 Å².